The van der Waals surface area contributed by atoms with Gasteiger partial charge in [-0.1, -0.05) is 0 Å². The van der Waals surface area contributed by atoms with Gasteiger partial charge in [0.15, 0.2) is 0 Å². The largest absolute Gasteiger partial charge is 0.351 e. The maximum atomic E-state index is 12.5. The number of nitrogens with two attached hydrogens (primary N) is 1. The summed E-state index contributed by atoms with van der Waals surface area (Å²) in [7, 11) is 0. The number of benzene rings is 1. The van der Waals surface area contributed by atoms with Crippen LogP contribution >= 0.6 is 0 Å². The SMILES string of the molecule is Cc1cc(C(=O)Nc2ccc([SH2+])cc2)nc(NC2CCC(N)CC2)n1. The predicted octanol–water partition coefficient (Wildman–Crippen LogP) is 2.09. The molecule has 0 unspecified atom stereocenters. The summed E-state index contributed by atoms with van der Waals surface area (Å²) in [5, 5.41) is 6.20. The molecule has 25 heavy (non-hydrogen) atoms. The van der Waals surface area contributed by atoms with Gasteiger partial charge in [-0.3, -0.25) is 4.79 Å². The summed E-state index contributed by atoms with van der Waals surface area (Å²) in [4.78, 5) is 22.2. The van der Waals surface area contributed by atoms with Crippen molar-refractivity contribution in [1.29, 1.82) is 0 Å². The Morgan fingerprint density at radius 2 is 1.84 bits per heavy atom. The number of carbonyl (C=O) groups excluding carboxylic acids is 1. The molecule has 0 atom stereocenters. The van der Waals surface area contributed by atoms with Gasteiger partial charge in [0.2, 0.25) is 5.95 Å². The lowest BCUT2D eigenvalue weighted by Gasteiger charge is -2.26. The second-order valence-corrected chi connectivity index (χ2v) is 7.08. The van der Waals surface area contributed by atoms with E-state index in [2.05, 4.69) is 33.2 Å². The van der Waals surface area contributed by atoms with Crippen LogP contribution in [0.5, 0.6) is 0 Å². The van der Waals surface area contributed by atoms with E-state index in [1.807, 2.05) is 31.2 Å². The maximum Gasteiger partial charge on any atom is 0.274 e. The van der Waals surface area contributed by atoms with Crippen LogP contribution in [0.15, 0.2) is 35.2 Å². The molecule has 1 aromatic heterocycles. The third-order valence-electron chi connectivity index (χ3n) is 4.33. The molecule has 6 nitrogen and oxygen atoms in total. The van der Waals surface area contributed by atoms with Gasteiger partial charge < -0.3 is 16.4 Å². The molecular formula is C18H24N5OS+. The molecule has 2 aromatic rings. The number of carbonyl (C=O) groups is 1. The number of hydrogen-bond acceptors (Lipinski definition) is 5. The molecule has 0 radical (unpaired) electrons. The van der Waals surface area contributed by atoms with E-state index in [9.17, 15) is 4.79 Å². The quantitative estimate of drug-likeness (QED) is 0.728. The van der Waals surface area contributed by atoms with Crippen LogP contribution in [0.4, 0.5) is 11.6 Å². The molecule has 1 aromatic carbocycles. The average molecular weight is 358 g/mol. The first-order valence-electron chi connectivity index (χ1n) is 8.50. The molecule has 0 saturated heterocycles. The fourth-order valence-electron chi connectivity index (χ4n) is 2.94. The van der Waals surface area contributed by atoms with Gasteiger partial charge in [0.25, 0.3) is 5.91 Å². The minimum atomic E-state index is -0.249. The second kappa shape index (κ2) is 7.84. The van der Waals surface area contributed by atoms with Crippen LogP contribution in [0.3, 0.4) is 0 Å². The van der Waals surface area contributed by atoms with Crippen molar-refractivity contribution in [3.05, 3.63) is 41.7 Å². The van der Waals surface area contributed by atoms with Crippen molar-refractivity contribution in [3.8, 4) is 0 Å². The highest BCUT2D eigenvalue weighted by atomic mass is 32.1. The average Bonchev–Trinajstić information content (AvgIpc) is 2.58. The minimum Gasteiger partial charge on any atom is -0.351 e. The number of amides is 1. The van der Waals surface area contributed by atoms with Gasteiger partial charge in [-0.05, 0) is 75.6 Å². The summed E-state index contributed by atoms with van der Waals surface area (Å²) in [5.41, 5.74) is 7.77. The minimum absolute atomic E-state index is 0.249. The molecule has 1 fully saturated rings. The number of nitrogens with zero attached hydrogens (tertiary/aromatic N) is 2. The van der Waals surface area contributed by atoms with Crippen LogP contribution in [0, 0.1) is 6.92 Å². The topological polar surface area (TPSA) is 92.9 Å². The summed E-state index contributed by atoms with van der Waals surface area (Å²) in [6, 6.07) is 9.71. The lowest BCUT2D eigenvalue weighted by atomic mass is 9.92. The van der Waals surface area contributed by atoms with Crippen molar-refractivity contribution in [2.24, 2.45) is 5.73 Å². The van der Waals surface area contributed by atoms with E-state index in [0.29, 0.717) is 23.7 Å². The Bertz CT molecular complexity index is 742. The zero-order valence-electron chi connectivity index (χ0n) is 14.2. The van der Waals surface area contributed by atoms with Crippen LogP contribution in [-0.2, 0) is 12.6 Å². The number of rotatable bonds is 4. The Kier molecular flexibility index (Phi) is 5.55. The Morgan fingerprint density at radius 3 is 2.52 bits per heavy atom. The molecule has 3 rings (SSSR count). The molecule has 0 bridgehead atoms. The molecule has 1 heterocycles. The molecule has 1 aliphatic rings. The number of aryl methyl sites for hydroxylation is 1. The first-order valence-corrected chi connectivity index (χ1v) is 9.00. The molecule has 132 valence electrons. The molecule has 1 saturated carbocycles. The number of hydrogen-bond donors (Lipinski definition) is 3. The maximum absolute atomic E-state index is 12.5. The van der Waals surface area contributed by atoms with Crippen LogP contribution in [-0.4, -0.2) is 28.0 Å². The van der Waals surface area contributed by atoms with E-state index in [1.165, 1.54) is 0 Å². The standard InChI is InChI=1S/C18H23N5OS/c1-11-10-16(17(24)21-13-6-8-15(25)9-7-13)23-18(20-11)22-14-4-2-12(19)3-5-14/h6-10,12,14,25H,2-5,19H2,1H3,(H,21,24)(H,20,22,23)/p+1. The smallest absolute Gasteiger partial charge is 0.274 e. The highest BCUT2D eigenvalue weighted by molar-refractivity contribution is 7.58. The van der Waals surface area contributed by atoms with Crippen LogP contribution in [0.2, 0.25) is 0 Å². The van der Waals surface area contributed by atoms with E-state index in [4.69, 9.17) is 5.73 Å². The van der Waals surface area contributed by atoms with Gasteiger partial charge in [-0.15, -0.1) is 0 Å². The lowest BCUT2D eigenvalue weighted by Crippen LogP contribution is -2.33. The van der Waals surface area contributed by atoms with E-state index in [0.717, 1.165) is 42.0 Å². The van der Waals surface area contributed by atoms with Gasteiger partial charge in [0, 0.05) is 23.5 Å². The van der Waals surface area contributed by atoms with E-state index in [1.54, 1.807) is 6.07 Å². The Hall–Kier alpha value is -2.12. The van der Waals surface area contributed by atoms with Gasteiger partial charge in [0.1, 0.15) is 10.6 Å². The van der Waals surface area contributed by atoms with Crippen LogP contribution in [0.1, 0.15) is 41.9 Å². The van der Waals surface area contributed by atoms with Crippen molar-refractivity contribution in [2.75, 3.05) is 10.6 Å². The van der Waals surface area contributed by atoms with Gasteiger partial charge in [-0.25, -0.2) is 9.97 Å². The van der Waals surface area contributed by atoms with Gasteiger partial charge in [-0.2, -0.15) is 0 Å². The third-order valence-corrected chi connectivity index (χ3v) is 4.67. The molecule has 0 spiro atoms. The normalized spacial score (nSPS) is 20.1. The molecule has 7 heteroatoms. The van der Waals surface area contributed by atoms with Crippen molar-refractivity contribution >= 4 is 30.2 Å². The number of aromatic nitrogens is 2. The third kappa shape index (κ3) is 4.93. The first kappa shape index (κ1) is 17.7. The summed E-state index contributed by atoms with van der Waals surface area (Å²) < 4.78 is 0. The predicted molar refractivity (Wildman–Crippen MR) is 103 cm³/mol. The van der Waals surface area contributed by atoms with Crippen molar-refractivity contribution in [2.45, 2.75) is 49.6 Å². The van der Waals surface area contributed by atoms with Crippen molar-refractivity contribution in [1.82, 2.24) is 9.97 Å². The molecule has 0 aliphatic heterocycles. The highest BCUT2D eigenvalue weighted by Crippen LogP contribution is 2.20. The molecule has 1 aliphatic carbocycles. The highest BCUT2D eigenvalue weighted by Gasteiger charge is 2.20. The lowest BCUT2D eigenvalue weighted by molar-refractivity contribution is 0.102. The zero-order chi connectivity index (χ0) is 17.8. The first-order chi connectivity index (χ1) is 12.0. The fraction of sp³-hybridized carbons (Fsp3) is 0.389. The van der Waals surface area contributed by atoms with Crippen molar-refractivity contribution in [3.63, 3.8) is 0 Å². The fourth-order valence-corrected chi connectivity index (χ4v) is 3.11. The van der Waals surface area contributed by atoms with Crippen molar-refractivity contribution < 1.29 is 4.79 Å². The zero-order valence-corrected chi connectivity index (χ0v) is 15.2. The Morgan fingerprint density at radius 1 is 1.16 bits per heavy atom. The van der Waals surface area contributed by atoms with E-state index >= 15 is 0 Å². The molecule has 1 amide bonds. The summed E-state index contributed by atoms with van der Waals surface area (Å²) in [6.07, 6.45) is 4.00. The number of anilines is 2. The van der Waals surface area contributed by atoms with E-state index in [-0.39, 0.29) is 5.91 Å². The van der Waals surface area contributed by atoms with Crippen LogP contribution in [0.25, 0.3) is 0 Å². The summed E-state index contributed by atoms with van der Waals surface area (Å²) in [5.74, 6) is 0.252. The Balaban J connectivity index is 1.70. The van der Waals surface area contributed by atoms with Gasteiger partial charge in [0.05, 0.1) is 0 Å². The number of nitrogens with one attached hydrogen (secondary N) is 2. The monoisotopic (exact) mass is 358 g/mol. The molecule has 4 N–H and O–H groups in total. The molecular weight excluding hydrogens is 334 g/mol. The summed E-state index contributed by atoms with van der Waals surface area (Å²) >= 11 is 3.43. The Labute approximate surface area is 153 Å². The second-order valence-electron chi connectivity index (χ2n) is 6.51. The van der Waals surface area contributed by atoms with Crippen LogP contribution < -0.4 is 16.4 Å². The van der Waals surface area contributed by atoms with Gasteiger partial charge >= 0.3 is 0 Å². The van der Waals surface area contributed by atoms with E-state index < -0.39 is 0 Å². The summed E-state index contributed by atoms with van der Waals surface area (Å²) in [6.45, 7) is 1.86.